The van der Waals surface area contributed by atoms with Crippen LogP contribution in [-0.2, 0) is 4.79 Å². The molecule has 0 aliphatic heterocycles. The fourth-order valence-corrected chi connectivity index (χ4v) is 3.00. The molecule has 3 rings (SSSR count). The smallest absolute Gasteiger partial charge is 0.335 e. The van der Waals surface area contributed by atoms with Crippen LogP contribution in [0.3, 0.4) is 0 Å². The first-order valence-corrected chi connectivity index (χ1v) is 8.94. The van der Waals surface area contributed by atoms with E-state index in [4.69, 9.17) is 32.7 Å². The molecule has 2 N–H and O–H groups in total. The van der Waals surface area contributed by atoms with Gasteiger partial charge < -0.3 is 14.8 Å². The molecule has 0 unspecified atom stereocenters. The van der Waals surface area contributed by atoms with Crippen LogP contribution >= 0.6 is 23.2 Å². The highest BCUT2D eigenvalue weighted by Crippen LogP contribution is 2.25. The number of nitriles is 1. The van der Waals surface area contributed by atoms with Gasteiger partial charge in [-0.1, -0.05) is 35.3 Å². The van der Waals surface area contributed by atoms with E-state index in [1.807, 2.05) is 6.07 Å². The van der Waals surface area contributed by atoms with Gasteiger partial charge in [-0.25, -0.2) is 4.79 Å². The molecule has 2 aromatic carbocycles. The molecule has 1 aromatic heterocycles. The lowest BCUT2D eigenvalue weighted by Gasteiger charge is -2.05. The zero-order valence-electron chi connectivity index (χ0n) is 14.6. The number of amides is 1. The standard InChI is InChI=1S/C21H12Cl2N2O4/c22-15-8-16(23)10-17(9-15)25-20(26)14(11-24)7-18-5-6-19(29-18)12-1-3-13(4-2-12)21(27)28/h1-10H,(H,25,26)(H,27,28). The minimum absolute atomic E-state index is 0.157. The van der Waals surface area contributed by atoms with Gasteiger partial charge in [0.2, 0.25) is 0 Å². The molecule has 1 amide bonds. The number of furan rings is 1. The number of carboxylic acid groups (broad SMARTS) is 1. The number of anilines is 1. The van der Waals surface area contributed by atoms with Crippen LogP contribution in [0.5, 0.6) is 0 Å². The summed E-state index contributed by atoms with van der Waals surface area (Å²) in [6.45, 7) is 0. The molecule has 0 saturated heterocycles. The first-order chi connectivity index (χ1) is 13.9. The van der Waals surface area contributed by atoms with Crippen LogP contribution in [0.15, 0.2) is 64.6 Å². The molecule has 6 nitrogen and oxygen atoms in total. The molecule has 0 bridgehead atoms. The Morgan fingerprint density at radius 3 is 2.28 bits per heavy atom. The molecule has 0 saturated carbocycles. The first kappa shape index (κ1) is 20.2. The van der Waals surface area contributed by atoms with E-state index in [0.717, 1.165) is 0 Å². The fourth-order valence-electron chi connectivity index (χ4n) is 2.48. The number of benzene rings is 2. The van der Waals surface area contributed by atoms with Crippen LogP contribution < -0.4 is 5.32 Å². The van der Waals surface area contributed by atoms with Crippen molar-refractivity contribution in [2.75, 3.05) is 5.32 Å². The summed E-state index contributed by atoms with van der Waals surface area (Å²) in [5.41, 5.74) is 0.992. The highest BCUT2D eigenvalue weighted by Gasteiger charge is 2.13. The SMILES string of the molecule is N#CC(=Cc1ccc(-c2ccc(C(=O)O)cc2)o1)C(=O)Nc1cc(Cl)cc(Cl)c1. The molecule has 1 heterocycles. The number of nitrogens with one attached hydrogen (secondary N) is 1. The average Bonchev–Trinajstić information content (AvgIpc) is 3.14. The summed E-state index contributed by atoms with van der Waals surface area (Å²) < 4.78 is 5.64. The number of hydrogen-bond acceptors (Lipinski definition) is 4. The van der Waals surface area contributed by atoms with E-state index in [1.54, 1.807) is 24.3 Å². The number of carboxylic acids is 1. The van der Waals surface area contributed by atoms with Gasteiger partial charge in [0.05, 0.1) is 5.56 Å². The molecule has 144 valence electrons. The van der Waals surface area contributed by atoms with Crippen molar-refractivity contribution in [1.82, 2.24) is 0 Å². The van der Waals surface area contributed by atoms with Gasteiger partial charge in [0.15, 0.2) is 0 Å². The summed E-state index contributed by atoms with van der Waals surface area (Å²) >= 11 is 11.8. The van der Waals surface area contributed by atoms with E-state index in [0.29, 0.717) is 27.1 Å². The van der Waals surface area contributed by atoms with Crippen molar-refractivity contribution in [3.63, 3.8) is 0 Å². The number of hydrogen-bond donors (Lipinski definition) is 2. The normalized spacial score (nSPS) is 11.0. The highest BCUT2D eigenvalue weighted by atomic mass is 35.5. The topological polar surface area (TPSA) is 103 Å². The average molecular weight is 427 g/mol. The Labute approximate surface area is 175 Å². The third-order valence-corrected chi connectivity index (χ3v) is 4.25. The maximum Gasteiger partial charge on any atom is 0.335 e. The number of carbonyl (C=O) groups excluding carboxylic acids is 1. The Morgan fingerprint density at radius 2 is 1.69 bits per heavy atom. The molecule has 29 heavy (non-hydrogen) atoms. The van der Waals surface area contributed by atoms with Crippen LogP contribution in [-0.4, -0.2) is 17.0 Å². The third-order valence-electron chi connectivity index (χ3n) is 3.82. The molecular weight excluding hydrogens is 415 g/mol. The Hall–Kier alpha value is -3.53. The lowest BCUT2D eigenvalue weighted by molar-refractivity contribution is -0.112. The zero-order valence-corrected chi connectivity index (χ0v) is 16.2. The molecule has 0 aliphatic carbocycles. The molecule has 0 fully saturated rings. The van der Waals surface area contributed by atoms with Crippen molar-refractivity contribution in [3.05, 3.63) is 81.5 Å². The van der Waals surface area contributed by atoms with Crippen molar-refractivity contribution in [3.8, 4) is 17.4 Å². The molecule has 0 aliphatic rings. The van der Waals surface area contributed by atoms with Gasteiger partial charge in [0.1, 0.15) is 23.2 Å². The van der Waals surface area contributed by atoms with Crippen LogP contribution in [0.1, 0.15) is 16.1 Å². The van der Waals surface area contributed by atoms with Crippen LogP contribution in [0, 0.1) is 11.3 Å². The van der Waals surface area contributed by atoms with E-state index < -0.39 is 11.9 Å². The van der Waals surface area contributed by atoms with Gasteiger partial charge in [-0.05, 0) is 42.5 Å². The monoisotopic (exact) mass is 426 g/mol. The Morgan fingerprint density at radius 1 is 1.03 bits per heavy atom. The van der Waals surface area contributed by atoms with Crippen LogP contribution in [0.4, 0.5) is 5.69 Å². The van der Waals surface area contributed by atoms with Crippen molar-refractivity contribution in [2.45, 2.75) is 0 Å². The second kappa shape index (κ2) is 8.65. The van der Waals surface area contributed by atoms with E-state index in [-0.39, 0.29) is 16.9 Å². The maximum absolute atomic E-state index is 12.4. The largest absolute Gasteiger partial charge is 0.478 e. The van der Waals surface area contributed by atoms with Gasteiger partial charge in [-0.2, -0.15) is 5.26 Å². The Bertz CT molecular complexity index is 1140. The van der Waals surface area contributed by atoms with Gasteiger partial charge in [-0.15, -0.1) is 0 Å². The molecule has 3 aromatic rings. The predicted molar refractivity (Wildman–Crippen MR) is 110 cm³/mol. The first-order valence-electron chi connectivity index (χ1n) is 8.18. The molecule has 0 radical (unpaired) electrons. The van der Waals surface area contributed by atoms with Crippen molar-refractivity contribution in [1.29, 1.82) is 5.26 Å². The molecular formula is C21H12Cl2N2O4. The summed E-state index contributed by atoms with van der Waals surface area (Å²) in [7, 11) is 0. The second-order valence-corrected chi connectivity index (χ2v) is 6.74. The van der Waals surface area contributed by atoms with E-state index >= 15 is 0 Å². The lowest BCUT2D eigenvalue weighted by atomic mass is 10.1. The highest BCUT2D eigenvalue weighted by molar-refractivity contribution is 6.35. The number of carbonyl (C=O) groups is 2. The second-order valence-electron chi connectivity index (χ2n) is 5.87. The number of nitrogens with zero attached hydrogens (tertiary/aromatic N) is 1. The van der Waals surface area contributed by atoms with Crippen molar-refractivity contribution in [2.24, 2.45) is 0 Å². The maximum atomic E-state index is 12.4. The summed E-state index contributed by atoms with van der Waals surface area (Å²) in [6.07, 6.45) is 1.30. The van der Waals surface area contributed by atoms with Crippen molar-refractivity contribution < 1.29 is 19.1 Å². The molecule has 8 heteroatoms. The van der Waals surface area contributed by atoms with Gasteiger partial charge in [0.25, 0.3) is 5.91 Å². The minimum atomic E-state index is -1.02. The summed E-state index contributed by atoms with van der Waals surface area (Å²) in [5, 5.41) is 21.5. The summed E-state index contributed by atoms with van der Waals surface area (Å²) in [4.78, 5) is 23.3. The Balaban J connectivity index is 1.80. The van der Waals surface area contributed by atoms with Gasteiger partial charge >= 0.3 is 5.97 Å². The lowest BCUT2D eigenvalue weighted by Crippen LogP contribution is -2.13. The van der Waals surface area contributed by atoms with Gasteiger partial charge in [-0.3, -0.25) is 4.79 Å². The third kappa shape index (κ3) is 5.05. The van der Waals surface area contributed by atoms with E-state index in [2.05, 4.69) is 5.32 Å². The van der Waals surface area contributed by atoms with Gasteiger partial charge in [0, 0.05) is 27.4 Å². The van der Waals surface area contributed by atoms with Crippen LogP contribution in [0.2, 0.25) is 10.0 Å². The van der Waals surface area contributed by atoms with E-state index in [9.17, 15) is 14.9 Å². The number of aromatic carboxylic acids is 1. The quantitative estimate of drug-likeness (QED) is 0.414. The summed E-state index contributed by atoms with van der Waals surface area (Å²) in [5.74, 6) is -0.912. The fraction of sp³-hybridized carbons (Fsp3) is 0. The zero-order chi connectivity index (χ0) is 21.0. The molecule has 0 atom stereocenters. The molecule has 0 spiro atoms. The number of halogens is 2. The predicted octanol–water partition coefficient (Wildman–Crippen LogP) is 5.50. The minimum Gasteiger partial charge on any atom is -0.478 e. The van der Waals surface area contributed by atoms with E-state index in [1.165, 1.54) is 36.4 Å². The van der Waals surface area contributed by atoms with Crippen LogP contribution in [0.25, 0.3) is 17.4 Å². The summed E-state index contributed by atoms with van der Waals surface area (Å²) in [6, 6.07) is 15.7. The Kier molecular flexibility index (Phi) is 6.03. The van der Waals surface area contributed by atoms with Crippen molar-refractivity contribution >= 4 is 46.8 Å². The number of rotatable bonds is 5.